The van der Waals surface area contributed by atoms with Crippen LogP contribution in [0, 0.1) is 0 Å². The molecule has 2 amide bonds. The van der Waals surface area contributed by atoms with E-state index in [-0.39, 0.29) is 6.03 Å². The Kier molecular flexibility index (Phi) is 4.61. The number of rotatable bonds is 4. The van der Waals surface area contributed by atoms with Crippen LogP contribution < -0.4 is 15.0 Å². The maximum Gasteiger partial charge on any atom is 0.317 e. The number of imidazole rings is 1. The van der Waals surface area contributed by atoms with Gasteiger partial charge in [0.2, 0.25) is 0 Å². The predicted octanol–water partition coefficient (Wildman–Crippen LogP) is 1.83. The quantitative estimate of drug-likeness (QED) is 0.756. The van der Waals surface area contributed by atoms with Crippen LogP contribution in [0.25, 0.3) is 4.96 Å². The summed E-state index contributed by atoms with van der Waals surface area (Å²) in [7, 11) is 1.63. The summed E-state index contributed by atoms with van der Waals surface area (Å²) in [5, 5.41) is 4.94. The van der Waals surface area contributed by atoms with Crippen LogP contribution in [-0.4, -0.2) is 58.6 Å². The third-order valence-electron chi connectivity index (χ3n) is 4.41. The Morgan fingerprint density at radius 1 is 1.31 bits per heavy atom. The number of aromatic nitrogens is 3. The Morgan fingerprint density at radius 2 is 2.15 bits per heavy atom. The Balaban J connectivity index is 1.28. The van der Waals surface area contributed by atoms with Gasteiger partial charge in [-0.3, -0.25) is 4.40 Å². The molecule has 9 heteroatoms. The van der Waals surface area contributed by atoms with Crippen molar-refractivity contribution >= 4 is 28.1 Å². The summed E-state index contributed by atoms with van der Waals surface area (Å²) in [6, 6.07) is 3.79. The Bertz CT molecular complexity index is 854. The van der Waals surface area contributed by atoms with Gasteiger partial charge in [0.05, 0.1) is 25.5 Å². The fraction of sp³-hybridized carbons (Fsp3) is 0.353. The highest BCUT2D eigenvalue weighted by atomic mass is 32.1. The number of anilines is 1. The molecule has 1 aliphatic rings. The fourth-order valence-corrected chi connectivity index (χ4v) is 3.68. The summed E-state index contributed by atoms with van der Waals surface area (Å²) in [6.07, 6.45) is 5.62. The Labute approximate surface area is 155 Å². The van der Waals surface area contributed by atoms with Crippen molar-refractivity contribution in [2.75, 3.05) is 38.2 Å². The van der Waals surface area contributed by atoms with Crippen LogP contribution in [0.4, 0.5) is 10.6 Å². The lowest BCUT2D eigenvalue weighted by Gasteiger charge is -2.35. The molecule has 0 aliphatic carbocycles. The van der Waals surface area contributed by atoms with Crippen molar-refractivity contribution in [3.63, 3.8) is 0 Å². The zero-order valence-corrected chi connectivity index (χ0v) is 15.3. The van der Waals surface area contributed by atoms with E-state index in [1.54, 1.807) is 24.6 Å². The number of hydrogen-bond donors (Lipinski definition) is 1. The van der Waals surface area contributed by atoms with Crippen LogP contribution in [0.5, 0.6) is 5.75 Å². The number of urea groups is 1. The number of amides is 2. The second kappa shape index (κ2) is 7.20. The molecule has 0 radical (unpaired) electrons. The summed E-state index contributed by atoms with van der Waals surface area (Å²) in [4.78, 5) is 26.2. The molecule has 136 valence electrons. The molecule has 4 heterocycles. The van der Waals surface area contributed by atoms with Gasteiger partial charge >= 0.3 is 6.03 Å². The lowest BCUT2D eigenvalue weighted by molar-refractivity contribution is 0.193. The van der Waals surface area contributed by atoms with Gasteiger partial charge < -0.3 is 19.9 Å². The SMILES string of the molecule is COc1ccc(N2CCN(C(=O)NCc3cn4ccsc4n3)CC2)nc1. The minimum Gasteiger partial charge on any atom is -0.495 e. The van der Waals surface area contributed by atoms with Gasteiger partial charge in [-0.05, 0) is 12.1 Å². The average Bonchev–Trinajstić information content (AvgIpc) is 3.28. The summed E-state index contributed by atoms with van der Waals surface area (Å²) in [5.41, 5.74) is 0.867. The van der Waals surface area contributed by atoms with E-state index in [9.17, 15) is 4.79 Å². The van der Waals surface area contributed by atoms with E-state index in [1.165, 1.54) is 0 Å². The molecule has 8 nitrogen and oxygen atoms in total. The third-order valence-corrected chi connectivity index (χ3v) is 5.18. The second-order valence-corrected chi connectivity index (χ2v) is 6.89. The van der Waals surface area contributed by atoms with Gasteiger partial charge in [-0.1, -0.05) is 0 Å². The van der Waals surface area contributed by atoms with Crippen LogP contribution in [0.1, 0.15) is 5.69 Å². The second-order valence-electron chi connectivity index (χ2n) is 6.01. The Hall–Kier alpha value is -2.81. The number of pyridine rings is 1. The van der Waals surface area contributed by atoms with Gasteiger partial charge in [-0.2, -0.15) is 0 Å². The first kappa shape index (κ1) is 16.6. The molecule has 0 unspecified atom stereocenters. The van der Waals surface area contributed by atoms with E-state index in [4.69, 9.17) is 4.74 Å². The van der Waals surface area contributed by atoms with Crippen molar-refractivity contribution in [2.24, 2.45) is 0 Å². The lowest BCUT2D eigenvalue weighted by Crippen LogP contribution is -2.51. The van der Waals surface area contributed by atoms with E-state index < -0.39 is 0 Å². The molecule has 1 saturated heterocycles. The molecule has 0 atom stereocenters. The molecule has 26 heavy (non-hydrogen) atoms. The van der Waals surface area contributed by atoms with Crippen LogP contribution in [0.2, 0.25) is 0 Å². The highest BCUT2D eigenvalue weighted by Gasteiger charge is 2.22. The van der Waals surface area contributed by atoms with Gasteiger partial charge in [-0.25, -0.2) is 14.8 Å². The van der Waals surface area contributed by atoms with Crippen molar-refractivity contribution in [3.8, 4) is 5.75 Å². The molecular formula is C17H20N6O2S. The van der Waals surface area contributed by atoms with E-state index in [0.29, 0.717) is 19.6 Å². The molecule has 0 bridgehead atoms. The molecule has 0 spiro atoms. The summed E-state index contributed by atoms with van der Waals surface area (Å²) >= 11 is 1.58. The van der Waals surface area contributed by atoms with Crippen LogP contribution >= 0.6 is 11.3 Å². The zero-order chi connectivity index (χ0) is 17.9. The molecule has 1 aliphatic heterocycles. The highest BCUT2D eigenvalue weighted by molar-refractivity contribution is 7.15. The number of carbonyl (C=O) groups is 1. The number of piperazine rings is 1. The molecule has 4 rings (SSSR count). The zero-order valence-electron chi connectivity index (χ0n) is 14.5. The van der Waals surface area contributed by atoms with E-state index in [0.717, 1.165) is 35.3 Å². The molecule has 0 aromatic carbocycles. The van der Waals surface area contributed by atoms with Crippen molar-refractivity contribution in [3.05, 3.63) is 41.8 Å². The maximum atomic E-state index is 12.4. The minimum atomic E-state index is -0.0521. The third kappa shape index (κ3) is 3.43. The van der Waals surface area contributed by atoms with E-state index >= 15 is 0 Å². The fourth-order valence-electron chi connectivity index (χ4n) is 2.96. The van der Waals surface area contributed by atoms with E-state index in [2.05, 4.69) is 20.2 Å². The average molecular weight is 372 g/mol. The van der Waals surface area contributed by atoms with Gasteiger partial charge in [0, 0.05) is 44.0 Å². The molecule has 1 N–H and O–H groups in total. The maximum absolute atomic E-state index is 12.4. The molecule has 3 aromatic rings. The van der Waals surface area contributed by atoms with Crippen molar-refractivity contribution in [2.45, 2.75) is 6.54 Å². The first-order valence-corrected chi connectivity index (χ1v) is 9.30. The largest absolute Gasteiger partial charge is 0.495 e. The first-order chi connectivity index (χ1) is 12.7. The summed E-state index contributed by atoms with van der Waals surface area (Å²) in [5.74, 6) is 1.65. The normalized spacial score (nSPS) is 14.7. The van der Waals surface area contributed by atoms with Crippen molar-refractivity contribution < 1.29 is 9.53 Å². The van der Waals surface area contributed by atoms with Gasteiger partial charge in [0.15, 0.2) is 4.96 Å². The van der Waals surface area contributed by atoms with Crippen molar-refractivity contribution in [1.82, 2.24) is 24.6 Å². The Morgan fingerprint density at radius 3 is 2.85 bits per heavy atom. The topological polar surface area (TPSA) is 75.0 Å². The number of carbonyl (C=O) groups excluding carboxylic acids is 1. The molecule has 0 saturated carbocycles. The van der Waals surface area contributed by atoms with E-state index in [1.807, 2.05) is 39.2 Å². The number of methoxy groups -OCH3 is 1. The molecule has 1 fully saturated rings. The summed E-state index contributed by atoms with van der Waals surface area (Å²) in [6.45, 7) is 3.28. The highest BCUT2D eigenvalue weighted by Crippen LogP contribution is 2.17. The smallest absolute Gasteiger partial charge is 0.317 e. The number of nitrogens with one attached hydrogen (secondary N) is 1. The molecule has 3 aromatic heterocycles. The summed E-state index contributed by atoms with van der Waals surface area (Å²) < 4.78 is 7.10. The first-order valence-electron chi connectivity index (χ1n) is 8.42. The van der Waals surface area contributed by atoms with Gasteiger partial charge in [-0.15, -0.1) is 11.3 Å². The van der Waals surface area contributed by atoms with Gasteiger partial charge in [0.1, 0.15) is 11.6 Å². The monoisotopic (exact) mass is 372 g/mol. The lowest BCUT2D eigenvalue weighted by atomic mass is 10.3. The van der Waals surface area contributed by atoms with Crippen LogP contribution in [-0.2, 0) is 6.54 Å². The number of fused-ring (bicyclic) bond motifs is 1. The predicted molar refractivity (Wildman–Crippen MR) is 99.9 cm³/mol. The number of thiazole rings is 1. The van der Waals surface area contributed by atoms with Crippen molar-refractivity contribution in [1.29, 1.82) is 0 Å². The minimum absolute atomic E-state index is 0.0521. The van der Waals surface area contributed by atoms with Gasteiger partial charge in [0.25, 0.3) is 0 Å². The van der Waals surface area contributed by atoms with Crippen LogP contribution in [0.3, 0.4) is 0 Å². The number of nitrogens with zero attached hydrogens (tertiary/aromatic N) is 5. The molecular weight excluding hydrogens is 352 g/mol. The standard InChI is InChI=1S/C17H20N6O2S/c1-25-14-2-3-15(18-11-14)21-4-6-22(7-5-21)16(24)19-10-13-12-23-8-9-26-17(23)20-13/h2-3,8-9,11-12H,4-7,10H2,1H3,(H,19,24). The van der Waals surface area contributed by atoms with Crippen LogP contribution in [0.15, 0.2) is 36.1 Å². The number of hydrogen-bond acceptors (Lipinski definition) is 6. The number of ether oxygens (including phenoxy) is 1.